The molecule has 2 aliphatic rings. The number of nitrogens with two attached hydrogens (primary N) is 1. The molecule has 6 heterocycles. The van der Waals surface area contributed by atoms with Crippen molar-refractivity contribution in [1.29, 1.82) is 0 Å². The molecule has 0 spiro atoms. The van der Waals surface area contributed by atoms with E-state index in [4.69, 9.17) is 15.2 Å². The molecule has 2 saturated carbocycles. The van der Waals surface area contributed by atoms with Crippen molar-refractivity contribution in [1.82, 2.24) is 29.9 Å². The topological polar surface area (TPSA) is 165 Å². The number of hydrogen-bond donors (Lipinski definition) is 1. The van der Waals surface area contributed by atoms with E-state index >= 15 is 0 Å². The van der Waals surface area contributed by atoms with Crippen LogP contribution in [0.25, 0.3) is 20.9 Å². The number of nitrogen functional groups attached to an aromatic ring is 1. The van der Waals surface area contributed by atoms with Gasteiger partial charge in [-0.05, 0) is 77.0 Å². The number of nitro groups is 1. The molecule has 2 fully saturated rings. The van der Waals surface area contributed by atoms with Crippen LogP contribution in [0.1, 0.15) is 97.2 Å². The fraction of sp³-hybridized carbons (Fsp3) is 0.350. The maximum atomic E-state index is 11.3. The minimum atomic E-state index is -0.522. The van der Waals surface area contributed by atoms with Gasteiger partial charge in [0.05, 0.1) is 19.8 Å². The summed E-state index contributed by atoms with van der Waals surface area (Å²) in [5, 5.41) is 13.7. The van der Waals surface area contributed by atoms with E-state index in [1.54, 1.807) is 59.7 Å². The van der Waals surface area contributed by atoms with Gasteiger partial charge in [0.1, 0.15) is 19.4 Å². The number of hydrogen-bond acceptors (Lipinski definition) is 13. The fourth-order valence-corrected chi connectivity index (χ4v) is 8.86. The third-order valence-corrected chi connectivity index (χ3v) is 12.1. The number of ether oxygens (including phenoxy) is 2. The predicted molar refractivity (Wildman–Crippen MR) is 211 cm³/mol. The smallest absolute Gasteiger partial charge is 0.406 e. The van der Waals surface area contributed by atoms with Crippen LogP contribution in [0.15, 0.2) is 86.0 Å². The third kappa shape index (κ3) is 9.60. The summed E-state index contributed by atoms with van der Waals surface area (Å²) in [7, 11) is 0. The Morgan fingerprint density at radius 1 is 0.648 bits per heavy atom. The van der Waals surface area contributed by atoms with Gasteiger partial charge in [-0.15, -0.1) is 22.7 Å². The van der Waals surface area contributed by atoms with Crippen LogP contribution >= 0.6 is 22.7 Å². The van der Waals surface area contributed by atoms with Gasteiger partial charge in [0.15, 0.2) is 11.6 Å². The Morgan fingerprint density at radius 3 is 1.61 bits per heavy atom. The monoisotopic (exact) mass is 762 g/mol. The molecule has 0 atom stereocenters. The van der Waals surface area contributed by atoms with Crippen LogP contribution in [0.2, 0.25) is 0 Å². The first-order chi connectivity index (χ1) is 26.5. The third-order valence-electron chi connectivity index (χ3n) is 9.70. The normalized spacial score (nSPS) is 14.9. The van der Waals surface area contributed by atoms with Gasteiger partial charge < -0.3 is 25.3 Å². The summed E-state index contributed by atoms with van der Waals surface area (Å²) in [4.78, 5) is 38.5. The molecule has 0 bridgehead atoms. The van der Waals surface area contributed by atoms with E-state index in [0.717, 1.165) is 37.0 Å². The molecule has 0 aliphatic heterocycles. The quantitative estimate of drug-likeness (QED) is 0.0986. The van der Waals surface area contributed by atoms with Crippen LogP contribution in [0.3, 0.4) is 0 Å². The van der Waals surface area contributed by atoms with Gasteiger partial charge in [-0.1, -0.05) is 38.5 Å². The minimum Gasteiger partial charge on any atom is -0.485 e. The van der Waals surface area contributed by atoms with Crippen molar-refractivity contribution >= 4 is 34.3 Å². The van der Waals surface area contributed by atoms with Gasteiger partial charge >= 0.3 is 5.82 Å². The highest BCUT2D eigenvalue weighted by Crippen LogP contribution is 2.40. The van der Waals surface area contributed by atoms with E-state index in [2.05, 4.69) is 29.9 Å². The fourth-order valence-electron chi connectivity index (χ4n) is 6.72. The van der Waals surface area contributed by atoms with Crippen molar-refractivity contribution in [2.45, 2.75) is 89.3 Å². The minimum absolute atomic E-state index is 0.159. The van der Waals surface area contributed by atoms with Crippen LogP contribution in [0.5, 0.6) is 11.5 Å². The molecule has 0 saturated heterocycles. The van der Waals surface area contributed by atoms with Crippen molar-refractivity contribution in [2.24, 2.45) is 0 Å². The lowest BCUT2D eigenvalue weighted by Crippen LogP contribution is -2.03. The summed E-state index contributed by atoms with van der Waals surface area (Å²) >= 11 is 3.41. The highest BCUT2D eigenvalue weighted by Gasteiger charge is 2.23. The van der Waals surface area contributed by atoms with E-state index in [-0.39, 0.29) is 18.2 Å². The number of anilines is 1. The van der Waals surface area contributed by atoms with E-state index in [1.807, 2.05) is 42.7 Å². The highest BCUT2D eigenvalue weighted by molar-refractivity contribution is 7.15. The molecule has 2 aliphatic carbocycles. The molecule has 278 valence electrons. The zero-order valence-corrected chi connectivity index (χ0v) is 31.5. The Bertz CT molecular complexity index is 2120. The first kappa shape index (κ1) is 37.0. The zero-order valence-electron chi connectivity index (χ0n) is 29.9. The van der Waals surface area contributed by atoms with E-state index in [0.29, 0.717) is 30.0 Å². The van der Waals surface area contributed by atoms with Crippen molar-refractivity contribution in [3.8, 4) is 32.4 Å². The molecular weight excluding hydrogens is 721 g/mol. The molecule has 12 nitrogen and oxygen atoms in total. The molecule has 0 unspecified atom stereocenters. The van der Waals surface area contributed by atoms with Crippen LogP contribution in [-0.4, -0.2) is 34.8 Å². The molecule has 0 amide bonds. The van der Waals surface area contributed by atoms with Crippen LogP contribution in [0, 0.1) is 10.1 Å². The Labute approximate surface area is 322 Å². The average Bonchev–Trinajstić information content (AvgIpc) is 3.93. The van der Waals surface area contributed by atoms with Crippen LogP contribution in [0.4, 0.5) is 11.6 Å². The molecule has 0 radical (unpaired) electrons. The molecule has 6 aromatic rings. The van der Waals surface area contributed by atoms with E-state index < -0.39 is 4.92 Å². The summed E-state index contributed by atoms with van der Waals surface area (Å²) in [6.07, 6.45) is 26.6. The van der Waals surface area contributed by atoms with Crippen molar-refractivity contribution in [2.75, 3.05) is 5.73 Å². The molecule has 6 aromatic heterocycles. The first-order valence-electron chi connectivity index (χ1n) is 18.4. The lowest BCUT2D eigenvalue weighted by molar-refractivity contribution is -0.390. The van der Waals surface area contributed by atoms with Crippen LogP contribution in [-0.2, 0) is 13.2 Å². The first-order valence-corrected chi connectivity index (χ1v) is 20.0. The Morgan fingerprint density at radius 2 is 1.11 bits per heavy atom. The van der Waals surface area contributed by atoms with Gasteiger partial charge in [0.25, 0.3) is 0 Å². The Kier molecular flexibility index (Phi) is 12.4. The van der Waals surface area contributed by atoms with Crippen molar-refractivity contribution < 1.29 is 14.4 Å². The lowest BCUT2D eigenvalue weighted by Gasteiger charge is -2.18. The second-order valence-electron chi connectivity index (χ2n) is 13.5. The largest absolute Gasteiger partial charge is 0.485 e. The number of pyridine rings is 4. The summed E-state index contributed by atoms with van der Waals surface area (Å²) in [6.45, 7) is 0.651. The maximum absolute atomic E-state index is 11.3. The summed E-state index contributed by atoms with van der Waals surface area (Å²) in [5.74, 6) is 2.03. The predicted octanol–water partition coefficient (Wildman–Crippen LogP) is 9.94. The molecule has 2 N–H and O–H groups in total. The summed E-state index contributed by atoms with van der Waals surface area (Å²) in [5.41, 5.74) is 9.71. The molecule has 14 heteroatoms. The number of nitrogens with zero attached hydrogens (tertiary/aromatic N) is 7. The van der Waals surface area contributed by atoms with Gasteiger partial charge in [0.2, 0.25) is 5.75 Å². The molecule has 0 aromatic carbocycles. The summed E-state index contributed by atoms with van der Waals surface area (Å²) in [6, 6.07) is 11.1. The SMILES string of the molecule is Nc1ncc(-c2cnc(C3CCCCC3)s2)cc1OCc1ccncc1.O=[N+]([O-])c1ncc(-c2cnc(C3CCCCC3)s2)cc1OCc1ccncc1. The standard InChI is InChI=1S/C20H20N4O3S.C20H22N4OS/c25-24(26)19-17(27-13-14-6-8-21-9-7-14)10-16(11-22-19)18-12-23-20(28-18)15-4-2-1-3-5-15;21-19-17(25-13-14-6-8-22-9-7-14)10-16(11-23-19)18-12-24-20(26-18)15-4-2-1-3-5-15/h6-12,15H,1-5,13H2;6-12,15H,1-5,13H2,(H2,21,23). The highest BCUT2D eigenvalue weighted by atomic mass is 32.1. The number of aromatic nitrogens is 6. The Hall–Kier alpha value is -5.34. The zero-order chi connectivity index (χ0) is 37.1. The average molecular weight is 763 g/mol. The Balaban J connectivity index is 0.000000167. The van der Waals surface area contributed by atoms with Crippen molar-refractivity contribution in [3.05, 3.63) is 117 Å². The van der Waals surface area contributed by atoms with Gasteiger partial charge in [-0.3, -0.25) is 9.97 Å². The summed E-state index contributed by atoms with van der Waals surface area (Å²) < 4.78 is 11.6. The second kappa shape index (κ2) is 18.1. The second-order valence-corrected chi connectivity index (χ2v) is 15.6. The number of rotatable bonds is 11. The van der Waals surface area contributed by atoms with E-state index in [9.17, 15) is 10.1 Å². The number of thiazole rings is 2. The van der Waals surface area contributed by atoms with Gasteiger partial charge in [-0.25, -0.2) is 15.0 Å². The van der Waals surface area contributed by atoms with Gasteiger partial charge in [0, 0.05) is 72.4 Å². The molecular formula is C40H42N8O4S2. The van der Waals surface area contributed by atoms with Crippen molar-refractivity contribution in [3.63, 3.8) is 0 Å². The molecule has 8 rings (SSSR count). The van der Waals surface area contributed by atoms with Crippen LogP contribution < -0.4 is 15.2 Å². The van der Waals surface area contributed by atoms with E-state index in [1.165, 1.54) is 75.4 Å². The maximum Gasteiger partial charge on any atom is 0.406 e. The van der Waals surface area contributed by atoms with Gasteiger partial charge in [-0.2, -0.15) is 0 Å². The molecule has 54 heavy (non-hydrogen) atoms. The lowest BCUT2D eigenvalue weighted by atomic mass is 9.90.